The standard InChI is InChI=1S/C20H31N3O3/c1-17(24)23(14-18-6-4-3-5-7-18)13-8-19(25)22-15-20(16-26-2)9-11-21-12-10-20/h3-7,21H,8-16H2,1-2H3,(H,22,25). The van der Waals surface area contributed by atoms with E-state index in [0.29, 0.717) is 32.7 Å². The lowest BCUT2D eigenvalue weighted by molar-refractivity contribution is -0.130. The van der Waals surface area contributed by atoms with Crippen LogP contribution >= 0.6 is 0 Å². The van der Waals surface area contributed by atoms with Crippen LogP contribution in [0.5, 0.6) is 0 Å². The Hall–Kier alpha value is -1.92. The molecule has 2 N–H and O–H groups in total. The minimum absolute atomic E-state index is 0.0139. The molecule has 1 heterocycles. The fraction of sp³-hybridized carbons (Fsp3) is 0.600. The van der Waals surface area contributed by atoms with Gasteiger partial charge in [-0.2, -0.15) is 0 Å². The molecule has 6 heteroatoms. The van der Waals surface area contributed by atoms with Crippen LogP contribution in [0.2, 0.25) is 0 Å². The molecule has 0 aromatic heterocycles. The van der Waals surface area contributed by atoms with E-state index in [0.717, 1.165) is 31.5 Å². The van der Waals surface area contributed by atoms with E-state index >= 15 is 0 Å². The van der Waals surface area contributed by atoms with Gasteiger partial charge in [-0.05, 0) is 31.5 Å². The number of carbonyl (C=O) groups is 2. The number of benzene rings is 1. The molecule has 26 heavy (non-hydrogen) atoms. The molecule has 1 saturated heterocycles. The number of amides is 2. The molecule has 1 aromatic rings. The summed E-state index contributed by atoms with van der Waals surface area (Å²) in [6.45, 7) is 5.69. The maximum atomic E-state index is 12.3. The molecule has 1 aromatic carbocycles. The molecule has 0 atom stereocenters. The normalized spacial score (nSPS) is 16.1. The second kappa shape index (κ2) is 10.3. The number of nitrogens with one attached hydrogen (secondary N) is 2. The summed E-state index contributed by atoms with van der Waals surface area (Å²) in [5.41, 5.74) is 1.08. The van der Waals surface area contributed by atoms with Crippen molar-refractivity contribution in [2.75, 3.05) is 39.9 Å². The second-order valence-corrected chi connectivity index (χ2v) is 7.14. The highest BCUT2D eigenvalue weighted by atomic mass is 16.5. The third kappa shape index (κ3) is 6.42. The third-order valence-electron chi connectivity index (χ3n) is 5.05. The smallest absolute Gasteiger partial charge is 0.221 e. The van der Waals surface area contributed by atoms with Crippen molar-refractivity contribution in [3.8, 4) is 0 Å². The Morgan fingerprint density at radius 3 is 2.54 bits per heavy atom. The Labute approximate surface area is 156 Å². The molecular formula is C20H31N3O3. The Morgan fingerprint density at radius 1 is 1.23 bits per heavy atom. The fourth-order valence-corrected chi connectivity index (χ4v) is 3.40. The van der Waals surface area contributed by atoms with Crippen LogP contribution < -0.4 is 10.6 Å². The van der Waals surface area contributed by atoms with Crippen LogP contribution in [-0.2, 0) is 20.9 Å². The monoisotopic (exact) mass is 361 g/mol. The molecule has 0 bridgehead atoms. The van der Waals surface area contributed by atoms with Crippen molar-refractivity contribution in [1.82, 2.24) is 15.5 Å². The molecule has 1 aliphatic rings. The van der Waals surface area contributed by atoms with E-state index < -0.39 is 0 Å². The zero-order chi connectivity index (χ0) is 18.8. The van der Waals surface area contributed by atoms with E-state index in [2.05, 4.69) is 10.6 Å². The summed E-state index contributed by atoms with van der Waals surface area (Å²) >= 11 is 0. The molecule has 144 valence electrons. The van der Waals surface area contributed by atoms with Gasteiger partial charge >= 0.3 is 0 Å². The number of rotatable bonds is 9. The van der Waals surface area contributed by atoms with Crippen molar-refractivity contribution in [2.24, 2.45) is 5.41 Å². The van der Waals surface area contributed by atoms with Gasteiger partial charge in [0.05, 0.1) is 6.61 Å². The largest absolute Gasteiger partial charge is 0.384 e. The predicted octanol–water partition coefficient (Wildman–Crippen LogP) is 1.56. The summed E-state index contributed by atoms with van der Waals surface area (Å²) in [5, 5.41) is 6.40. The summed E-state index contributed by atoms with van der Waals surface area (Å²) in [7, 11) is 1.71. The topological polar surface area (TPSA) is 70.7 Å². The van der Waals surface area contributed by atoms with Gasteiger partial charge in [0.2, 0.25) is 11.8 Å². The predicted molar refractivity (Wildman–Crippen MR) is 102 cm³/mol. The summed E-state index contributed by atoms with van der Waals surface area (Å²) in [5.74, 6) is -0.0332. The lowest BCUT2D eigenvalue weighted by Crippen LogP contribution is -2.47. The van der Waals surface area contributed by atoms with Crippen molar-refractivity contribution in [3.05, 3.63) is 35.9 Å². The van der Waals surface area contributed by atoms with Gasteiger partial charge in [0.1, 0.15) is 0 Å². The minimum atomic E-state index is -0.0177. The molecule has 1 aliphatic heterocycles. The average Bonchev–Trinajstić information content (AvgIpc) is 2.65. The highest BCUT2D eigenvalue weighted by Gasteiger charge is 2.32. The first kappa shape index (κ1) is 20.4. The van der Waals surface area contributed by atoms with Crippen LogP contribution in [0.25, 0.3) is 0 Å². The van der Waals surface area contributed by atoms with Crippen molar-refractivity contribution in [2.45, 2.75) is 32.7 Å². The second-order valence-electron chi connectivity index (χ2n) is 7.14. The maximum Gasteiger partial charge on any atom is 0.221 e. The lowest BCUT2D eigenvalue weighted by Gasteiger charge is -2.37. The Morgan fingerprint density at radius 2 is 1.92 bits per heavy atom. The molecule has 0 unspecified atom stereocenters. The van der Waals surface area contributed by atoms with Crippen LogP contribution in [0, 0.1) is 5.41 Å². The van der Waals surface area contributed by atoms with Crippen LogP contribution in [0.3, 0.4) is 0 Å². The molecule has 0 saturated carbocycles. The van der Waals surface area contributed by atoms with Crippen molar-refractivity contribution in [3.63, 3.8) is 0 Å². The third-order valence-corrected chi connectivity index (χ3v) is 5.05. The van der Waals surface area contributed by atoms with Crippen molar-refractivity contribution < 1.29 is 14.3 Å². The molecular weight excluding hydrogens is 330 g/mol. The Bertz CT molecular complexity index is 565. The number of piperidine rings is 1. The molecule has 1 fully saturated rings. The van der Waals surface area contributed by atoms with Gasteiger partial charge in [0.15, 0.2) is 0 Å². The molecule has 2 rings (SSSR count). The van der Waals surface area contributed by atoms with E-state index in [4.69, 9.17) is 4.74 Å². The number of carbonyl (C=O) groups excluding carboxylic acids is 2. The summed E-state index contributed by atoms with van der Waals surface area (Å²) < 4.78 is 5.38. The van der Waals surface area contributed by atoms with Gasteiger partial charge < -0.3 is 20.3 Å². The highest BCUT2D eigenvalue weighted by molar-refractivity contribution is 5.78. The first-order valence-electron chi connectivity index (χ1n) is 9.30. The fourth-order valence-electron chi connectivity index (χ4n) is 3.40. The van der Waals surface area contributed by atoms with Crippen LogP contribution in [0.4, 0.5) is 0 Å². The van der Waals surface area contributed by atoms with Crippen LogP contribution in [-0.4, -0.2) is 56.6 Å². The van der Waals surface area contributed by atoms with Gasteiger partial charge in [-0.15, -0.1) is 0 Å². The van der Waals surface area contributed by atoms with E-state index in [9.17, 15) is 9.59 Å². The van der Waals surface area contributed by atoms with E-state index in [1.165, 1.54) is 0 Å². The Kier molecular flexibility index (Phi) is 8.06. The maximum absolute atomic E-state index is 12.3. The lowest BCUT2D eigenvalue weighted by atomic mass is 9.79. The first-order chi connectivity index (χ1) is 12.5. The average molecular weight is 361 g/mol. The van der Waals surface area contributed by atoms with Gasteiger partial charge in [0, 0.05) is 45.5 Å². The minimum Gasteiger partial charge on any atom is -0.384 e. The number of nitrogens with zero attached hydrogens (tertiary/aromatic N) is 1. The molecule has 0 radical (unpaired) electrons. The number of ether oxygens (including phenoxy) is 1. The van der Waals surface area contributed by atoms with E-state index in [1.807, 2.05) is 30.3 Å². The van der Waals surface area contributed by atoms with E-state index in [1.54, 1.807) is 18.9 Å². The van der Waals surface area contributed by atoms with E-state index in [-0.39, 0.29) is 17.2 Å². The molecule has 0 aliphatic carbocycles. The number of hydrogen-bond acceptors (Lipinski definition) is 4. The van der Waals surface area contributed by atoms with Crippen molar-refractivity contribution in [1.29, 1.82) is 0 Å². The SMILES string of the molecule is COCC1(CNC(=O)CCN(Cc2ccccc2)C(C)=O)CCNCC1. The van der Waals surface area contributed by atoms with Crippen LogP contribution in [0.15, 0.2) is 30.3 Å². The van der Waals surface area contributed by atoms with Gasteiger partial charge in [-0.1, -0.05) is 30.3 Å². The molecule has 6 nitrogen and oxygen atoms in total. The van der Waals surface area contributed by atoms with Crippen molar-refractivity contribution >= 4 is 11.8 Å². The quantitative estimate of drug-likeness (QED) is 0.700. The molecule has 0 spiro atoms. The number of hydrogen-bond donors (Lipinski definition) is 2. The number of methoxy groups -OCH3 is 1. The molecule has 2 amide bonds. The van der Waals surface area contributed by atoms with Gasteiger partial charge in [-0.3, -0.25) is 9.59 Å². The highest BCUT2D eigenvalue weighted by Crippen LogP contribution is 2.28. The van der Waals surface area contributed by atoms with Crippen LogP contribution in [0.1, 0.15) is 31.7 Å². The first-order valence-corrected chi connectivity index (χ1v) is 9.30. The zero-order valence-corrected chi connectivity index (χ0v) is 15.9. The summed E-state index contributed by atoms with van der Waals surface area (Å²) in [6, 6.07) is 9.83. The summed E-state index contributed by atoms with van der Waals surface area (Å²) in [4.78, 5) is 25.9. The zero-order valence-electron chi connectivity index (χ0n) is 15.9. The van der Waals surface area contributed by atoms with Gasteiger partial charge in [0.25, 0.3) is 0 Å². The Balaban J connectivity index is 1.81. The summed E-state index contributed by atoms with van der Waals surface area (Å²) in [6.07, 6.45) is 2.30. The van der Waals surface area contributed by atoms with Gasteiger partial charge in [-0.25, -0.2) is 0 Å².